The number of carbonyl (C=O) groups is 1. The molecule has 0 saturated carbocycles. The van der Waals surface area contributed by atoms with Crippen molar-refractivity contribution in [3.8, 4) is 11.4 Å². The minimum atomic E-state index is -0.126. The Morgan fingerprint density at radius 3 is 3.08 bits per heavy atom. The van der Waals surface area contributed by atoms with Gasteiger partial charge in [0.1, 0.15) is 5.82 Å². The first-order valence-corrected chi connectivity index (χ1v) is 8.87. The molecule has 126 valence electrons. The molecule has 0 saturated heterocycles. The quantitative estimate of drug-likeness (QED) is 0.522. The van der Waals surface area contributed by atoms with E-state index in [0.717, 1.165) is 24.4 Å². The number of hydrogen-bond donors (Lipinski definition) is 2. The molecule has 4 heterocycles. The van der Waals surface area contributed by atoms with Crippen LogP contribution in [-0.4, -0.2) is 37.0 Å². The van der Waals surface area contributed by atoms with Crippen molar-refractivity contribution in [1.82, 2.24) is 29.8 Å². The summed E-state index contributed by atoms with van der Waals surface area (Å²) in [5, 5.41) is 6.95. The Morgan fingerprint density at radius 1 is 1.32 bits per heavy atom. The molecule has 0 bridgehead atoms. The van der Waals surface area contributed by atoms with E-state index in [1.807, 2.05) is 27.6 Å². The highest BCUT2D eigenvalue weighted by Crippen LogP contribution is 2.23. The number of aromatic nitrogens is 5. The number of fused-ring (bicyclic) bond motifs is 1. The molecule has 1 amide bonds. The summed E-state index contributed by atoms with van der Waals surface area (Å²) >= 11 is 1.60. The number of aromatic amines is 1. The summed E-state index contributed by atoms with van der Waals surface area (Å²) in [7, 11) is 0. The van der Waals surface area contributed by atoms with Crippen LogP contribution in [-0.2, 0) is 6.54 Å². The lowest BCUT2D eigenvalue weighted by Gasteiger charge is -2.06. The first-order valence-electron chi connectivity index (χ1n) is 7.92. The molecular weight excluding hydrogens is 336 g/mol. The zero-order valence-electron chi connectivity index (χ0n) is 13.3. The second kappa shape index (κ2) is 6.86. The van der Waals surface area contributed by atoms with Gasteiger partial charge >= 0.3 is 0 Å². The maximum absolute atomic E-state index is 12.5. The zero-order valence-corrected chi connectivity index (χ0v) is 14.2. The Bertz CT molecular complexity index is 974. The molecule has 2 N–H and O–H groups in total. The molecule has 7 nitrogen and oxygen atoms in total. The first-order chi connectivity index (χ1) is 12.3. The van der Waals surface area contributed by atoms with E-state index in [9.17, 15) is 4.79 Å². The van der Waals surface area contributed by atoms with Crippen molar-refractivity contribution in [2.24, 2.45) is 0 Å². The normalized spacial score (nSPS) is 11.0. The van der Waals surface area contributed by atoms with E-state index in [0.29, 0.717) is 23.3 Å². The Morgan fingerprint density at radius 2 is 2.28 bits per heavy atom. The molecule has 0 spiro atoms. The van der Waals surface area contributed by atoms with Gasteiger partial charge in [-0.25, -0.2) is 15.0 Å². The summed E-state index contributed by atoms with van der Waals surface area (Å²) in [5.74, 6) is 0.600. The molecule has 0 aliphatic rings. The number of nitrogens with zero attached hydrogens (tertiary/aromatic N) is 4. The monoisotopic (exact) mass is 352 g/mol. The van der Waals surface area contributed by atoms with Gasteiger partial charge in [-0.3, -0.25) is 4.79 Å². The third-order valence-electron chi connectivity index (χ3n) is 3.87. The van der Waals surface area contributed by atoms with Crippen molar-refractivity contribution >= 4 is 28.4 Å². The van der Waals surface area contributed by atoms with E-state index in [1.54, 1.807) is 36.1 Å². The SMILES string of the molecule is O=C(NCCCn1ccnc1)c1ccnc2nc(-c3ccsc3)[nH]c12. The summed E-state index contributed by atoms with van der Waals surface area (Å²) in [4.78, 5) is 28.5. The van der Waals surface area contributed by atoms with Crippen LogP contribution in [0.4, 0.5) is 0 Å². The lowest BCUT2D eigenvalue weighted by atomic mass is 10.2. The molecule has 0 fully saturated rings. The third-order valence-corrected chi connectivity index (χ3v) is 4.55. The highest BCUT2D eigenvalue weighted by atomic mass is 32.1. The minimum absolute atomic E-state index is 0.126. The number of imidazole rings is 2. The van der Waals surface area contributed by atoms with Crippen LogP contribution in [0.5, 0.6) is 0 Å². The highest BCUT2D eigenvalue weighted by molar-refractivity contribution is 7.08. The van der Waals surface area contributed by atoms with E-state index >= 15 is 0 Å². The summed E-state index contributed by atoms with van der Waals surface area (Å²) in [6, 6.07) is 3.70. The van der Waals surface area contributed by atoms with E-state index < -0.39 is 0 Å². The summed E-state index contributed by atoms with van der Waals surface area (Å²) < 4.78 is 1.98. The summed E-state index contributed by atoms with van der Waals surface area (Å²) in [6.45, 7) is 1.41. The second-order valence-electron chi connectivity index (χ2n) is 5.56. The smallest absolute Gasteiger partial charge is 0.253 e. The van der Waals surface area contributed by atoms with E-state index in [2.05, 4.69) is 25.3 Å². The predicted molar refractivity (Wildman–Crippen MR) is 96.4 cm³/mol. The van der Waals surface area contributed by atoms with Crippen LogP contribution < -0.4 is 5.32 Å². The number of nitrogens with one attached hydrogen (secondary N) is 2. The van der Waals surface area contributed by atoms with Crippen molar-refractivity contribution in [1.29, 1.82) is 0 Å². The number of aryl methyl sites for hydroxylation is 1. The standard InChI is InChI=1S/C17H16N6OS/c24-17(20-4-1-7-23-8-6-18-11-23)13-2-5-19-16-14(13)21-15(22-16)12-3-9-25-10-12/h2-3,5-6,8-11H,1,4,7H2,(H,20,24)(H,19,21,22). The molecule has 4 rings (SSSR count). The van der Waals surface area contributed by atoms with Gasteiger partial charge in [0.25, 0.3) is 5.91 Å². The Hall–Kier alpha value is -3.00. The third kappa shape index (κ3) is 3.29. The van der Waals surface area contributed by atoms with Crippen LogP contribution >= 0.6 is 11.3 Å². The van der Waals surface area contributed by atoms with Crippen LogP contribution in [0.15, 0.2) is 47.8 Å². The Labute approximate surface area is 147 Å². The van der Waals surface area contributed by atoms with Crippen molar-refractivity contribution < 1.29 is 4.79 Å². The molecule has 4 aromatic rings. The molecule has 0 aliphatic heterocycles. The van der Waals surface area contributed by atoms with Gasteiger partial charge in [0, 0.05) is 42.6 Å². The predicted octanol–water partition coefficient (Wildman–Crippen LogP) is 2.70. The highest BCUT2D eigenvalue weighted by Gasteiger charge is 2.14. The number of amides is 1. The molecule has 0 aromatic carbocycles. The van der Waals surface area contributed by atoms with E-state index in [4.69, 9.17) is 0 Å². The lowest BCUT2D eigenvalue weighted by molar-refractivity contribution is 0.0954. The first kappa shape index (κ1) is 15.5. The lowest BCUT2D eigenvalue weighted by Crippen LogP contribution is -2.25. The van der Waals surface area contributed by atoms with Crippen molar-refractivity contribution in [2.75, 3.05) is 6.54 Å². The van der Waals surface area contributed by atoms with E-state index in [1.165, 1.54) is 0 Å². The van der Waals surface area contributed by atoms with Crippen LogP contribution in [0, 0.1) is 0 Å². The van der Waals surface area contributed by atoms with Crippen LogP contribution in [0.1, 0.15) is 16.8 Å². The maximum atomic E-state index is 12.5. The Kier molecular flexibility index (Phi) is 4.26. The molecule has 4 aromatic heterocycles. The summed E-state index contributed by atoms with van der Waals surface area (Å²) in [5.41, 5.74) is 2.76. The number of carbonyl (C=O) groups excluding carboxylic acids is 1. The molecule has 0 aliphatic carbocycles. The fourth-order valence-electron chi connectivity index (χ4n) is 2.61. The average molecular weight is 352 g/mol. The molecule has 8 heteroatoms. The van der Waals surface area contributed by atoms with Crippen molar-refractivity contribution in [3.63, 3.8) is 0 Å². The second-order valence-corrected chi connectivity index (χ2v) is 6.34. The van der Waals surface area contributed by atoms with Gasteiger partial charge in [0.05, 0.1) is 17.4 Å². The molecule has 0 atom stereocenters. The van der Waals surface area contributed by atoms with Crippen LogP contribution in [0.2, 0.25) is 0 Å². The van der Waals surface area contributed by atoms with Gasteiger partial charge in [-0.1, -0.05) is 0 Å². The number of pyridine rings is 1. The fourth-order valence-corrected chi connectivity index (χ4v) is 3.25. The topological polar surface area (TPSA) is 88.5 Å². The summed E-state index contributed by atoms with van der Waals surface area (Å²) in [6.07, 6.45) is 7.87. The van der Waals surface area contributed by atoms with Gasteiger partial charge in [0.15, 0.2) is 5.65 Å². The zero-order chi connectivity index (χ0) is 17.1. The number of hydrogen-bond acceptors (Lipinski definition) is 5. The molecule has 0 radical (unpaired) electrons. The largest absolute Gasteiger partial charge is 0.352 e. The van der Waals surface area contributed by atoms with Crippen molar-refractivity contribution in [2.45, 2.75) is 13.0 Å². The van der Waals surface area contributed by atoms with Gasteiger partial charge in [-0.2, -0.15) is 11.3 Å². The maximum Gasteiger partial charge on any atom is 0.253 e. The van der Waals surface area contributed by atoms with Crippen LogP contribution in [0.25, 0.3) is 22.6 Å². The number of rotatable bonds is 6. The van der Waals surface area contributed by atoms with E-state index in [-0.39, 0.29) is 5.91 Å². The molecular formula is C17H16N6OS. The number of H-pyrrole nitrogens is 1. The van der Waals surface area contributed by atoms with Gasteiger partial charge < -0.3 is 14.9 Å². The Balaban J connectivity index is 1.47. The molecule has 0 unspecified atom stereocenters. The average Bonchev–Trinajstić information content (AvgIpc) is 3.38. The minimum Gasteiger partial charge on any atom is -0.352 e. The number of thiophene rings is 1. The van der Waals surface area contributed by atoms with Crippen LogP contribution in [0.3, 0.4) is 0 Å². The fraction of sp³-hybridized carbons (Fsp3) is 0.176. The van der Waals surface area contributed by atoms with Gasteiger partial charge in [-0.15, -0.1) is 0 Å². The van der Waals surface area contributed by atoms with Crippen molar-refractivity contribution in [3.05, 3.63) is 53.4 Å². The van der Waals surface area contributed by atoms with Gasteiger partial charge in [-0.05, 0) is 23.9 Å². The molecule has 25 heavy (non-hydrogen) atoms. The van der Waals surface area contributed by atoms with Gasteiger partial charge in [0.2, 0.25) is 0 Å².